The van der Waals surface area contributed by atoms with E-state index in [-0.39, 0.29) is 12.1 Å². The fourth-order valence-corrected chi connectivity index (χ4v) is 1.41. The number of carbonyl (C=O) groups is 1. The van der Waals surface area contributed by atoms with Gasteiger partial charge < -0.3 is 14.8 Å². The van der Waals surface area contributed by atoms with E-state index in [0.717, 1.165) is 0 Å². The van der Waals surface area contributed by atoms with Gasteiger partial charge in [0.25, 0.3) is 0 Å². The number of nitrogens with zero attached hydrogens (tertiary/aromatic N) is 2. The molecule has 1 heterocycles. The summed E-state index contributed by atoms with van der Waals surface area (Å²) in [5.74, 6) is 0.958. The minimum absolute atomic E-state index is 0.0633. The summed E-state index contributed by atoms with van der Waals surface area (Å²) in [4.78, 5) is 19.4. The molecular weight excluding hydrogens is 246 g/mol. The molecule has 0 aliphatic carbocycles. The molecule has 0 amide bonds. The number of anilines is 1. The van der Waals surface area contributed by atoms with E-state index in [2.05, 4.69) is 15.3 Å². The number of aromatic nitrogens is 2. The quantitative estimate of drug-likeness (QED) is 0.574. The van der Waals surface area contributed by atoms with E-state index >= 15 is 0 Å². The number of esters is 1. The molecule has 0 radical (unpaired) electrons. The topological polar surface area (TPSA) is 73.3 Å². The van der Waals surface area contributed by atoms with Crippen LogP contribution in [0.15, 0.2) is 12.4 Å². The normalized spacial score (nSPS) is 10.3. The molecule has 0 aliphatic heterocycles. The fourth-order valence-electron chi connectivity index (χ4n) is 1.41. The van der Waals surface area contributed by atoms with Crippen molar-refractivity contribution < 1.29 is 14.3 Å². The molecule has 1 N–H and O–H groups in total. The molecular formula is C13H21N3O3. The number of ether oxygens (including phenoxy) is 2. The van der Waals surface area contributed by atoms with Crippen LogP contribution in [0.3, 0.4) is 0 Å². The van der Waals surface area contributed by atoms with Crippen LogP contribution in [0, 0.1) is 0 Å². The van der Waals surface area contributed by atoms with Crippen molar-refractivity contribution in [1.82, 2.24) is 9.97 Å². The van der Waals surface area contributed by atoms with Gasteiger partial charge in [-0.15, -0.1) is 0 Å². The SMILES string of the molecule is CCOC(=O)CCCNc1cncc(OC(C)C)n1. The van der Waals surface area contributed by atoms with Gasteiger partial charge in [0.15, 0.2) is 0 Å². The van der Waals surface area contributed by atoms with E-state index < -0.39 is 0 Å². The van der Waals surface area contributed by atoms with Crippen molar-refractivity contribution in [2.45, 2.75) is 39.7 Å². The number of hydrogen-bond donors (Lipinski definition) is 1. The van der Waals surface area contributed by atoms with Crippen LogP contribution in [0.4, 0.5) is 5.82 Å². The van der Waals surface area contributed by atoms with Crippen molar-refractivity contribution >= 4 is 11.8 Å². The third-order valence-corrected chi connectivity index (χ3v) is 2.14. The Morgan fingerprint density at radius 3 is 2.89 bits per heavy atom. The van der Waals surface area contributed by atoms with Gasteiger partial charge in [0.2, 0.25) is 5.88 Å². The molecule has 0 atom stereocenters. The molecule has 6 heteroatoms. The number of rotatable bonds is 8. The Balaban J connectivity index is 2.31. The lowest BCUT2D eigenvalue weighted by Crippen LogP contribution is -2.11. The highest BCUT2D eigenvalue weighted by atomic mass is 16.5. The molecule has 6 nitrogen and oxygen atoms in total. The maximum Gasteiger partial charge on any atom is 0.305 e. The minimum atomic E-state index is -0.174. The first-order valence-electron chi connectivity index (χ1n) is 6.50. The van der Waals surface area contributed by atoms with Crippen LogP contribution < -0.4 is 10.1 Å². The molecule has 1 aromatic rings. The summed E-state index contributed by atoms with van der Waals surface area (Å²) in [6.07, 6.45) is 4.35. The Labute approximate surface area is 113 Å². The Morgan fingerprint density at radius 1 is 1.42 bits per heavy atom. The zero-order valence-electron chi connectivity index (χ0n) is 11.7. The summed E-state index contributed by atoms with van der Waals surface area (Å²) in [6, 6.07) is 0. The van der Waals surface area contributed by atoms with Crippen LogP contribution >= 0.6 is 0 Å². The summed E-state index contributed by atoms with van der Waals surface area (Å²) in [7, 11) is 0. The Bertz CT molecular complexity index is 396. The van der Waals surface area contributed by atoms with Crippen molar-refractivity contribution in [3.8, 4) is 5.88 Å². The van der Waals surface area contributed by atoms with Gasteiger partial charge in [0, 0.05) is 13.0 Å². The van der Waals surface area contributed by atoms with Crippen molar-refractivity contribution in [2.75, 3.05) is 18.5 Å². The standard InChI is InChI=1S/C13H21N3O3/c1-4-18-13(17)6-5-7-15-11-8-14-9-12(16-11)19-10(2)3/h8-10H,4-7H2,1-3H3,(H,15,16). The molecule has 1 rings (SSSR count). The van der Waals surface area contributed by atoms with Gasteiger partial charge in [-0.1, -0.05) is 0 Å². The van der Waals surface area contributed by atoms with E-state index in [1.54, 1.807) is 19.3 Å². The van der Waals surface area contributed by atoms with Gasteiger partial charge in [-0.2, -0.15) is 4.98 Å². The van der Waals surface area contributed by atoms with Gasteiger partial charge in [-0.3, -0.25) is 9.78 Å². The molecule has 0 saturated heterocycles. The first kappa shape index (κ1) is 15.2. The van der Waals surface area contributed by atoms with E-state index in [1.165, 1.54) is 0 Å². The van der Waals surface area contributed by atoms with Crippen LogP contribution in [0.1, 0.15) is 33.6 Å². The lowest BCUT2D eigenvalue weighted by molar-refractivity contribution is -0.143. The molecule has 0 aliphatic rings. The lowest BCUT2D eigenvalue weighted by Gasteiger charge is -2.10. The van der Waals surface area contributed by atoms with Crippen molar-refractivity contribution in [3.05, 3.63) is 12.4 Å². The summed E-state index contributed by atoms with van der Waals surface area (Å²) in [5.41, 5.74) is 0. The Morgan fingerprint density at radius 2 is 2.21 bits per heavy atom. The molecule has 0 bridgehead atoms. The van der Waals surface area contributed by atoms with Gasteiger partial charge in [0.1, 0.15) is 5.82 Å². The highest BCUT2D eigenvalue weighted by molar-refractivity contribution is 5.69. The molecule has 0 spiro atoms. The predicted molar refractivity (Wildman–Crippen MR) is 72.2 cm³/mol. The average molecular weight is 267 g/mol. The second-order valence-electron chi connectivity index (χ2n) is 4.24. The predicted octanol–water partition coefficient (Wildman–Crippen LogP) is 2.02. The van der Waals surface area contributed by atoms with Crippen molar-refractivity contribution in [1.29, 1.82) is 0 Å². The van der Waals surface area contributed by atoms with Gasteiger partial charge in [-0.25, -0.2) is 0 Å². The molecule has 0 saturated carbocycles. The summed E-state index contributed by atoms with van der Waals surface area (Å²) in [6.45, 7) is 6.72. The summed E-state index contributed by atoms with van der Waals surface area (Å²) < 4.78 is 10.3. The van der Waals surface area contributed by atoms with Crippen LogP contribution in [0.2, 0.25) is 0 Å². The van der Waals surface area contributed by atoms with Crippen LogP contribution in [0.5, 0.6) is 5.88 Å². The van der Waals surface area contributed by atoms with E-state index in [4.69, 9.17) is 9.47 Å². The van der Waals surface area contributed by atoms with E-state index in [9.17, 15) is 4.79 Å². The average Bonchev–Trinajstić information content (AvgIpc) is 2.35. The van der Waals surface area contributed by atoms with Crippen LogP contribution in [-0.2, 0) is 9.53 Å². The largest absolute Gasteiger partial charge is 0.474 e. The first-order valence-corrected chi connectivity index (χ1v) is 6.50. The third-order valence-electron chi connectivity index (χ3n) is 2.14. The maximum atomic E-state index is 11.1. The number of carbonyl (C=O) groups excluding carboxylic acids is 1. The molecule has 106 valence electrons. The van der Waals surface area contributed by atoms with Crippen LogP contribution in [0.25, 0.3) is 0 Å². The van der Waals surface area contributed by atoms with Gasteiger partial charge in [0.05, 0.1) is 25.1 Å². The zero-order chi connectivity index (χ0) is 14.1. The zero-order valence-corrected chi connectivity index (χ0v) is 11.7. The smallest absolute Gasteiger partial charge is 0.305 e. The second-order valence-corrected chi connectivity index (χ2v) is 4.24. The molecule has 0 fully saturated rings. The van der Waals surface area contributed by atoms with E-state index in [1.807, 2.05) is 13.8 Å². The molecule has 0 unspecified atom stereocenters. The van der Waals surface area contributed by atoms with Gasteiger partial charge in [-0.05, 0) is 27.2 Å². The lowest BCUT2D eigenvalue weighted by atomic mass is 10.3. The summed E-state index contributed by atoms with van der Waals surface area (Å²) >= 11 is 0. The highest BCUT2D eigenvalue weighted by Crippen LogP contribution is 2.10. The molecule has 0 aromatic carbocycles. The number of hydrogen-bond acceptors (Lipinski definition) is 6. The Kier molecular flexibility index (Phi) is 6.63. The third kappa shape index (κ3) is 6.59. The van der Waals surface area contributed by atoms with Gasteiger partial charge >= 0.3 is 5.97 Å². The first-order chi connectivity index (χ1) is 9.11. The molecule has 1 aromatic heterocycles. The van der Waals surface area contributed by atoms with Crippen molar-refractivity contribution in [3.63, 3.8) is 0 Å². The second kappa shape index (κ2) is 8.29. The van der Waals surface area contributed by atoms with E-state index in [0.29, 0.717) is 37.7 Å². The highest BCUT2D eigenvalue weighted by Gasteiger charge is 2.03. The summed E-state index contributed by atoms with van der Waals surface area (Å²) in [5, 5.41) is 3.09. The fraction of sp³-hybridized carbons (Fsp3) is 0.615. The van der Waals surface area contributed by atoms with Crippen molar-refractivity contribution in [2.24, 2.45) is 0 Å². The Hall–Kier alpha value is -1.85. The minimum Gasteiger partial charge on any atom is -0.474 e. The monoisotopic (exact) mass is 267 g/mol. The van der Waals surface area contributed by atoms with Crippen LogP contribution in [-0.4, -0.2) is 35.2 Å². The maximum absolute atomic E-state index is 11.1. The number of nitrogens with one attached hydrogen (secondary N) is 1. The molecule has 19 heavy (non-hydrogen) atoms.